The van der Waals surface area contributed by atoms with E-state index in [1.165, 1.54) is 13.1 Å². The maximum Gasteiger partial charge on any atom is 0.273 e. The molecule has 8 heteroatoms. The van der Waals surface area contributed by atoms with Crippen LogP contribution in [0.2, 0.25) is 0 Å². The molecule has 112 valence electrons. The van der Waals surface area contributed by atoms with E-state index in [2.05, 4.69) is 0 Å². The zero-order valence-electron chi connectivity index (χ0n) is 11.2. The van der Waals surface area contributed by atoms with Gasteiger partial charge in [0.15, 0.2) is 0 Å². The van der Waals surface area contributed by atoms with Crippen LogP contribution in [0.25, 0.3) is 0 Å². The highest BCUT2D eigenvalue weighted by molar-refractivity contribution is 7.89. The molecule has 0 N–H and O–H groups in total. The van der Waals surface area contributed by atoms with Gasteiger partial charge in [0.05, 0.1) is 10.7 Å². The van der Waals surface area contributed by atoms with E-state index in [4.69, 9.17) is 11.6 Å². The third kappa shape index (κ3) is 4.73. The summed E-state index contributed by atoms with van der Waals surface area (Å²) in [6.45, 7) is -0.0135. The van der Waals surface area contributed by atoms with Gasteiger partial charge in [-0.1, -0.05) is 18.2 Å². The molecule has 0 radical (unpaired) electrons. The fraction of sp³-hybridized carbons (Fsp3) is 0.500. The number of nitrogens with zero attached hydrogens (tertiary/aromatic N) is 2. The maximum absolute atomic E-state index is 12.0. The van der Waals surface area contributed by atoms with Crippen molar-refractivity contribution < 1.29 is 13.3 Å². The monoisotopic (exact) mass is 320 g/mol. The number of benzene rings is 1. The molecule has 20 heavy (non-hydrogen) atoms. The van der Waals surface area contributed by atoms with E-state index >= 15 is 0 Å². The van der Waals surface area contributed by atoms with Crippen LogP contribution in [0.4, 0.5) is 5.69 Å². The number of alkyl halides is 1. The molecule has 1 aromatic rings. The van der Waals surface area contributed by atoms with Crippen molar-refractivity contribution in [3.63, 3.8) is 0 Å². The fourth-order valence-electron chi connectivity index (χ4n) is 1.70. The lowest BCUT2D eigenvalue weighted by Gasteiger charge is -2.17. The molecule has 0 aliphatic carbocycles. The Hall–Kier alpha value is -1.18. The van der Waals surface area contributed by atoms with Crippen LogP contribution < -0.4 is 0 Å². The highest BCUT2D eigenvalue weighted by Crippen LogP contribution is 2.20. The summed E-state index contributed by atoms with van der Waals surface area (Å²) < 4.78 is 25.2. The second-order valence-corrected chi connectivity index (χ2v) is 6.93. The summed E-state index contributed by atoms with van der Waals surface area (Å²) in [5, 5.41) is 10.9. The summed E-state index contributed by atoms with van der Waals surface area (Å²) in [5.41, 5.74) is 0.302. The molecule has 0 aliphatic heterocycles. The first kappa shape index (κ1) is 16.9. The average molecular weight is 321 g/mol. The van der Waals surface area contributed by atoms with Gasteiger partial charge in [0.1, 0.15) is 0 Å². The molecule has 6 nitrogen and oxygen atoms in total. The summed E-state index contributed by atoms with van der Waals surface area (Å²) in [6.07, 6.45) is 1.10. The number of nitro benzene ring substituents is 1. The van der Waals surface area contributed by atoms with Crippen LogP contribution in [0.5, 0.6) is 0 Å². The predicted molar refractivity (Wildman–Crippen MR) is 78.3 cm³/mol. The topological polar surface area (TPSA) is 80.5 Å². The number of nitro groups is 1. The van der Waals surface area contributed by atoms with Gasteiger partial charge in [-0.05, 0) is 12.8 Å². The van der Waals surface area contributed by atoms with Crippen LogP contribution in [0.3, 0.4) is 0 Å². The molecule has 0 amide bonds. The number of rotatable bonds is 8. The van der Waals surface area contributed by atoms with Crippen molar-refractivity contribution in [1.82, 2.24) is 4.31 Å². The standard InChI is InChI=1S/C12H17ClN2O4S/c1-14(20(18,19)9-5-4-8-13)10-11-6-2-3-7-12(11)15(16)17/h2-3,6-7H,4-5,8-10H2,1H3. The van der Waals surface area contributed by atoms with E-state index in [0.29, 0.717) is 24.3 Å². The smallest absolute Gasteiger partial charge is 0.258 e. The summed E-state index contributed by atoms with van der Waals surface area (Å²) in [7, 11) is -2.00. The summed E-state index contributed by atoms with van der Waals surface area (Å²) >= 11 is 5.51. The minimum atomic E-state index is -3.42. The SMILES string of the molecule is CN(Cc1ccccc1[N+](=O)[O-])S(=O)(=O)CCCCCl. The van der Waals surface area contributed by atoms with E-state index < -0.39 is 14.9 Å². The lowest BCUT2D eigenvalue weighted by Crippen LogP contribution is -2.29. The first-order chi connectivity index (χ1) is 9.38. The predicted octanol–water partition coefficient (Wildman–Crippen LogP) is 2.38. The van der Waals surface area contributed by atoms with E-state index in [1.54, 1.807) is 18.2 Å². The highest BCUT2D eigenvalue weighted by Gasteiger charge is 2.21. The Kier molecular flexibility index (Phi) is 6.38. The van der Waals surface area contributed by atoms with Crippen LogP contribution in [-0.2, 0) is 16.6 Å². The van der Waals surface area contributed by atoms with Crippen LogP contribution in [0.1, 0.15) is 18.4 Å². The zero-order valence-corrected chi connectivity index (χ0v) is 12.7. The van der Waals surface area contributed by atoms with E-state index in [0.717, 1.165) is 4.31 Å². The van der Waals surface area contributed by atoms with Gasteiger partial charge in [-0.2, -0.15) is 0 Å². The first-order valence-corrected chi connectivity index (χ1v) is 8.25. The van der Waals surface area contributed by atoms with Crippen molar-refractivity contribution in [1.29, 1.82) is 0 Å². The molecule has 0 bridgehead atoms. The summed E-state index contributed by atoms with van der Waals surface area (Å²) in [4.78, 5) is 10.4. The molecule has 1 aromatic carbocycles. The lowest BCUT2D eigenvalue weighted by atomic mass is 10.2. The van der Waals surface area contributed by atoms with E-state index in [1.807, 2.05) is 0 Å². The maximum atomic E-state index is 12.0. The molecule has 0 unspecified atom stereocenters. The summed E-state index contributed by atoms with van der Waals surface area (Å²) in [5.74, 6) is 0.417. The Bertz CT molecular complexity index is 562. The Morgan fingerprint density at radius 3 is 2.55 bits per heavy atom. The molecule has 0 saturated heterocycles. The number of unbranched alkanes of at least 4 members (excludes halogenated alkanes) is 1. The Balaban J connectivity index is 2.80. The molecule has 0 spiro atoms. The number of hydrogen-bond donors (Lipinski definition) is 0. The van der Waals surface area contributed by atoms with E-state index in [-0.39, 0.29) is 18.0 Å². The Morgan fingerprint density at radius 2 is 1.95 bits per heavy atom. The largest absolute Gasteiger partial charge is 0.273 e. The lowest BCUT2D eigenvalue weighted by molar-refractivity contribution is -0.385. The molecular formula is C12H17ClN2O4S. The third-order valence-corrected chi connectivity index (χ3v) is 4.99. The van der Waals surface area contributed by atoms with E-state index in [9.17, 15) is 18.5 Å². The van der Waals surface area contributed by atoms with Crippen LogP contribution in [0, 0.1) is 10.1 Å². The van der Waals surface area contributed by atoms with Crippen molar-refractivity contribution in [2.75, 3.05) is 18.7 Å². The van der Waals surface area contributed by atoms with Gasteiger partial charge in [-0.15, -0.1) is 11.6 Å². The van der Waals surface area contributed by atoms with Gasteiger partial charge in [-0.25, -0.2) is 12.7 Å². The van der Waals surface area contributed by atoms with Crippen molar-refractivity contribution in [2.45, 2.75) is 19.4 Å². The Labute approximate surface area is 123 Å². The van der Waals surface area contributed by atoms with Crippen molar-refractivity contribution in [2.24, 2.45) is 0 Å². The first-order valence-electron chi connectivity index (χ1n) is 6.10. The van der Waals surface area contributed by atoms with Crippen LogP contribution in [0.15, 0.2) is 24.3 Å². The fourth-order valence-corrected chi connectivity index (χ4v) is 3.10. The second kappa shape index (κ2) is 7.56. The minimum Gasteiger partial charge on any atom is -0.258 e. The molecule has 0 saturated carbocycles. The van der Waals surface area contributed by atoms with Gasteiger partial charge in [0, 0.05) is 31.1 Å². The zero-order chi connectivity index (χ0) is 15.2. The normalized spacial score (nSPS) is 11.8. The van der Waals surface area contributed by atoms with Gasteiger partial charge < -0.3 is 0 Å². The van der Waals surface area contributed by atoms with Gasteiger partial charge >= 0.3 is 0 Å². The molecule has 0 heterocycles. The van der Waals surface area contributed by atoms with Crippen molar-refractivity contribution >= 4 is 27.3 Å². The Morgan fingerprint density at radius 1 is 1.30 bits per heavy atom. The molecule has 1 rings (SSSR count). The average Bonchev–Trinajstić information content (AvgIpc) is 2.39. The van der Waals surface area contributed by atoms with Crippen molar-refractivity contribution in [3.8, 4) is 0 Å². The molecule has 0 atom stereocenters. The second-order valence-electron chi connectivity index (χ2n) is 4.35. The molecular weight excluding hydrogens is 304 g/mol. The highest BCUT2D eigenvalue weighted by atomic mass is 35.5. The number of para-hydroxylation sites is 1. The number of sulfonamides is 1. The van der Waals surface area contributed by atoms with Crippen LogP contribution in [-0.4, -0.2) is 36.3 Å². The third-order valence-electron chi connectivity index (χ3n) is 2.84. The van der Waals surface area contributed by atoms with Crippen molar-refractivity contribution in [3.05, 3.63) is 39.9 Å². The molecule has 0 fully saturated rings. The summed E-state index contributed by atoms with van der Waals surface area (Å²) in [6, 6.07) is 6.12. The quantitative estimate of drug-likeness (QED) is 0.319. The molecule has 0 aromatic heterocycles. The number of halogens is 1. The number of hydrogen-bond acceptors (Lipinski definition) is 4. The van der Waals surface area contributed by atoms with Gasteiger partial charge in [0.2, 0.25) is 10.0 Å². The minimum absolute atomic E-state index is 0.00312. The van der Waals surface area contributed by atoms with Gasteiger partial charge in [0.25, 0.3) is 5.69 Å². The van der Waals surface area contributed by atoms with Crippen LogP contribution >= 0.6 is 11.6 Å². The van der Waals surface area contributed by atoms with Gasteiger partial charge in [-0.3, -0.25) is 10.1 Å². The molecule has 0 aliphatic rings.